The summed E-state index contributed by atoms with van der Waals surface area (Å²) >= 11 is 2.36. The third-order valence-corrected chi connectivity index (χ3v) is 3.63. The smallest absolute Gasteiger partial charge is 0.216 e. The average molecular weight is 326 g/mol. The van der Waals surface area contributed by atoms with E-state index in [9.17, 15) is 0 Å². The lowest BCUT2D eigenvalue weighted by molar-refractivity contribution is 0.348. The zero-order valence-corrected chi connectivity index (χ0v) is 11.1. The van der Waals surface area contributed by atoms with Gasteiger partial charge in [0.2, 0.25) is 5.90 Å². The summed E-state index contributed by atoms with van der Waals surface area (Å²) in [5.74, 6) is 0.779. The fourth-order valence-electron chi connectivity index (χ4n) is 1.99. The molecule has 0 fully saturated rings. The van der Waals surface area contributed by atoms with Crippen molar-refractivity contribution in [3.05, 3.63) is 33.5 Å². The standard InChI is InChI=1S/C12H11IN2O/c1-15-7-10(13)9-6-8(2-3-11(9)15)12-14-4-5-16-12/h2-3,6-7H,4-5H2,1H3. The summed E-state index contributed by atoms with van der Waals surface area (Å²) in [7, 11) is 2.06. The van der Waals surface area contributed by atoms with E-state index in [0.717, 1.165) is 18.0 Å². The first-order chi connectivity index (χ1) is 7.75. The summed E-state index contributed by atoms with van der Waals surface area (Å²) in [5.41, 5.74) is 2.32. The fourth-order valence-corrected chi connectivity index (χ4v) is 2.84. The predicted molar refractivity (Wildman–Crippen MR) is 73.0 cm³/mol. The van der Waals surface area contributed by atoms with Crippen molar-refractivity contribution in [2.24, 2.45) is 12.0 Å². The van der Waals surface area contributed by atoms with Gasteiger partial charge in [-0.25, -0.2) is 4.99 Å². The van der Waals surface area contributed by atoms with Gasteiger partial charge in [0.05, 0.1) is 6.54 Å². The number of aromatic nitrogens is 1. The van der Waals surface area contributed by atoms with Crippen molar-refractivity contribution in [2.75, 3.05) is 13.2 Å². The molecule has 0 spiro atoms. The molecule has 3 rings (SSSR count). The Labute approximate surface area is 107 Å². The molecule has 2 heterocycles. The lowest BCUT2D eigenvalue weighted by Gasteiger charge is -2.02. The van der Waals surface area contributed by atoms with Crippen LogP contribution in [0.3, 0.4) is 0 Å². The Morgan fingerprint density at radius 1 is 1.44 bits per heavy atom. The van der Waals surface area contributed by atoms with Crippen LogP contribution in [0.4, 0.5) is 0 Å². The molecule has 4 heteroatoms. The number of rotatable bonds is 1. The summed E-state index contributed by atoms with van der Waals surface area (Å²) in [6, 6.07) is 6.35. The molecule has 1 aromatic carbocycles. The first-order valence-corrected chi connectivity index (χ1v) is 6.26. The van der Waals surface area contributed by atoms with Crippen LogP contribution >= 0.6 is 22.6 Å². The van der Waals surface area contributed by atoms with Crippen LogP contribution in [0.5, 0.6) is 0 Å². The van der Waals surface area contributed by atoms with E-state index in [1.54, 1.807) is 0 Å². The number of aliphatic imine (C=N–C) groups is 1. The van der Waals surface area contributed by atoms with E-state index in [4.69, 9.17) is 4.74 Å². The van der Waals surface area contributed by atoms with Gasteiger partial charge in [0.15, 0.2) is 0 Å². The molecule has 0 radical (unpaired) electrons. The molecule has 0 aliphatic carbocycles. The van der Waals surface area contributed by atoms with Crippen molar-refractivity contribution in [2.45, 2.75) is 0 Å². The largest absolute Gasteiger partial charge is 0.476 e. The van der Waals surface area contributed by atoms with Gasteiger partial charge in [-0.3, -0.25) is 0 Å². The maximum atomic E-state index is 5.48. The molecule has 1 aliphatic rings. The van der Waals surface area contributed by atoms with Crippen molar-refractivity contribution in [3.63, 3.8) is 0 Å². The minimum absolute atomic E-state index is 0.708. The Morgan fingerprint density at radius 3 is 3.06 bits per heavy atom. The quantitative estimate of drug-likeness (QED) is 0.740. The molecule has 0 bridgehead atoms. The highest BCUT2D eigenvalue weighted by Gasteiger charge is 2.12. The van der Waals surface area contributed by atoms with Gasteiger partial charge in [-0.1, -0.05) is 0 Å². The van der Waals surface area contributed by atoms with E-state index in [1.165, 1.54) is 14.5 Å². The van der Waals surface area contributed by atoms with Gasteiger partial charge in [-0.15, -0.1) is 0 Å². The Bertz CT molecular complexity index is 586. The molecule has 0 N–H and O–H groups in total. The van der Waals surface area contributed by atoms with Gasteiger partial charge in [-0.05, 0) is 40.8 Å². The Hall–Kier alpha value is -1.04. The first kappa shape index (κ1) is 10.1. The molecule has 16 heavy (non-hydrogen) atoms. The highest BCUT2D eigenvalue weighted by atomic mass is 127. The van der Waals surface area contributed by atoms with Crippen molar-refractivity contribution in [3.8, 4) is 0 Å². The van der Waals surface area contributed by atoms with Gasteiger partial charge < -0.3 is 9.30 Å². The van der Waals surface area contributed by atoms with E-state index >= 15 is 0 Å². The fraction of sp³-hybridized carbons (Fsp3) is 0.250. The molecule has 0 saturated carbocycles. The van der Waals surface area contributed by atoms with Crippen LogP contribution in [0.15, 0.2) is 29.4 Å². The molecule has 82 valence electrons. The number of benzene rings is 1. The van der Waals surface area contributed by atoms with Gasteiger partial charge >= 0.3 is 0 Å². The molecule has 0 atom stereocenters. The molecule has 0 saturated heterocycles. The predicted octanol–water partition coefficient (Wildman–Crippen LogP) is 2.56. The average Bonchev–Trinajstić information content (AvgIpc) is 2.88. The van der Waals surface area contributed by atoms with Crippen molar-refractivity contribution in [1.29, 1.82) is 0 Å². The Kier molecular flexibility index (Phi) is 2.38. The molecule has 2 aromatic rings. The van der Waals surface area contributed by atoms with Gasteiger partial charge in [0, 0.05) is 33.3 Å². The number of halogens is 1. The van der Waals surface area contributed by atoms with Crippen molar-refractivity contribution < 1.29 is 4.74 Å². The number of nitrogens with zero attached hydrogens (tertiary/aromatic N) is 2. The van der Waals surface area contributed by atoms with E-state index < -0.39 is 0 Å². The highest BCUT2D eigenvalue weighted by molar-refractivity contribution is 14.1. The topological polar surface area (TPSA) is 26.5 Å². The Morgan fingerprint density at radius 2 is 2.31 bits per heavy atom. The van der Waals surface area contributed by atoms with Crippen LogP contribution in [0, 0.1) is 3.57 Å². The zero-order valence-electron chi connectivity index (χ0n) is 8.90. The maximum absolute atomic E-state index is 5.48. The summed E-state index contributed by atoms with van der Waals surface area (Å²) in [6.45, 7) is 1.48. The van der Waals surface area contributed by atoms with Gasteiger partial charge in [0.25, 0.3) is 0 Å². The molecule has 1 aromatic heterocycles. The molecular formula is C12H11IN2O. The van der Waals surface area contributed by atoms with Crippen LogP contribution in [0.2, 0.25) is 0 Å². The highest BCUT2D eigenvalue weighted by Crippen LogP contribution is 2.24. The number of fused-ring (bicyclic) bond motifs is 1. The first-order valence-electron chi connectivity index (χ1n) is 5.18. The summed E-state index contributed by atoms with van der Waals surface area (Å²) < 4.78 is 8.87. The molecular weight excluding hydrogens is 315 g/mol. The lowest BCUT2D eigenvalue weighted by atomic mass is 10.1. The minimum Gasteiger partial charge on any atom is -0.476 e. The Balaban J connectivity index is 2.18. The van der Waals surface area contributed by atoms with E-state index in [0.29, 0.717) is 6.61 Å². The summed E-state index contributed by atoms with van der Waals surface area (Å²) in [4.78, 5) is 4.33. The number of ether oxygens (including phenoxy) is 1. The summed E-state index contributed by atoms with van der Waals surface area (Å²) in [6.07, 6.45) is 2.13. The second-order valence-electron chi connectivity index (χ2n) is 3.86. The van der Waals surface area contributed by atoms with Crippen LogP contribution in [0.1, 0.15) is 5.56 Å². The van der Waals surface area contributed by atoms with Crippen LogP contribution in [-0.4, -0.2) is 23.6 Å². The van der Waals surface area contributed by atoms with Crippen LogP contribution < -0.4 is 0 Å². The second-order valence-corrected chi connectivity index (χ2v) is 5.02. The zero-order chi connectivity index (χ0) is 11.1. The van der Waals surface area contributed by atoms with Crippen LogP contribution in [-0.2, 0) is 11.8 Å². The van der Waals surface area contributed by atoms with E-state index in [2.05, 4.69) is 63.6 Å². The van der Waals surface area contributed by atoms with Crippen LogP contribution in [0.25, 0.3) is 10.9 Å². The van der Waals surface area contributed by atoms with Gasteiger partial charge in [-0.2, -0.15) is 0 Å². The molecule has 1 aliphatic heterocycles. The second kappa shape index (κ2) is 3.76. The van der Waals surface area contributed by atoms with Crippen molar-refractivity contribution >= 4 is 39.4 Å². The molecule has 0 unspecified atom stereocenters. The third kappa shape index (κ3) is 1.52. The molecule has 0 amide bonds. The number of hydrogen-bond acceptors (Lipinski definition) is 2. The number of aryl methyl sites for hydroxylation is 1. The lowest BCUT2D eigenvalue weighted by Crippen LogP contribution is -2.00. The maximum Gasteiger partial charge on any atom is 0.216 e. The SMILES string of the molecule is Cn1cc(I)c2cc(C3=NCCO3)ccc21. The monoisotopic (exact) mass is 326 g/mol. The third-order valence-electron chi connectivity index (χ3n) is 2.77. The number of hydrogen-bond donors (Lipinski definition) is 0. The van der Waals surface area contributed by atoms with Crippen molar-refractivity contribution in [1.82, 2.24) is 4.57 Å². The van der Waals surface area contributed by atoms with E-state index in [-0.39, 0.29) is 0 Å². The van der Waals surface area contributed by atoms with E-state index in [1.807, 2.05) is 0 Å². The van der Waals surface area contributed by atoms with Gasteiger partial charge in [0.1, 0.15) is 6.61 Å². The summed E-state index contributed by atoms with van der Waals surface area (Å²) in [5, 5.41) is 1.26. The molecule has 3 nitrogen and oxygen atoms in total. The minimum atomic E-state index is 0.708. The normalized spacial score (nSPS) is 15.2.